The smallest absolute Gasteiger partial charge is 0.271 e. The van der Waals surface area contributed by atoms with Gasteiger partial charge in [-0.2, -0.15) is 5.10 Å². The van der Waals surface area contributed by atoms with Crippen LogP contribution in [0.3, 0.4) is 0 Å². The zero-order valence-electron chi connectivity index (χ0n) is 15.4. The predicted molar refractivity (Wildman–Crippen MR) is 105 cm³/mol. The second kappa shape index (κ2) is 8.23. The van der Waals surface area contributed by atoms with E-state index in [4.69, 9.17) is 14.2 Å². The average Bonchev–Trinajstić information content (AvgIpc) is 2.72. The minimum absolute atomic E-state index is 0.353. The summed E-state index contributed by atoms with van der Waals surface area (Å²) in [5.41, 5.74) is 3.78. The van der Waals surface area contributed by atoms with Gasteiger partial charge in [0.2, 0.25) is 0 Å². The quantitative estimate of drug-likeness (QED) is 0.536. The van der Waals surface area contributed by atoms with Crippen molar-refractivity contribution in [1.82, 2.24) is 5.43 Å². The zero-order valence-corrected chi connectivity index (χ0v) is 15.4. The molecular weight excluding hydrogens is 344 g/mol. The first kappa shape index (κ1) is 18.3. The highest BCUT2D eigenvalue weighted by atomic mass is 16.5. The maximum atomic E-state index is 12.3. The summed E-state index contributed by atoms with van der Waals surface area (Å²) >= 11 is 0. The number of benzene rings is 3. The van der Waals surface area contributed by atoms with Crippen molar-refractivity contribution in [3.05, 3.63) is 65.7 Å². The van der Waals surface area contributed by atoms with E-state index in [2.05, 4.69) is 10.5 Å². The van der Waals surface area contributed by atoms with Gasteiger partial charge in [0.05, 0.1) is 27.5 Å². The molecule has 0 saturated heterocycles. The van der Waals surface area contributed by atoms with Crippen LogP contribution in [0.1, 0.15) is 15.9 Å². The lowest BCUT2D eigenvalue weighted by Crippen LogP contribution is -2.17. The van der Waals surface area contributed by atoms with E-state index >= 15 is 0 Å². The molecule has 3 aromatic carbocycles. The Morgan fingerprint density at radius 2 is 1.44 bits per heavy atom. The Kier molecular flexibility index (Phi) is 5.56. The fourth-order valence-electron chi connectivity index (χ4n) is 2.62. The zero-order chi connectivity index (χ0) is 19.2. The SMILES string of the molecule is COc1cc(OC)cc(C(=O)N/N=C\c2ccc3cc(OC)ccc3c2)c1. The number of methoxy groups -OCH3 is 3. The predicted octanol–water partition coefficient (Wildman–Crippen LogP) is 3.63. The van der Waals surface area contributed by atoms with E-state index in [0.29, 0.717) is 17.1 Å². The van der Waals surface area contributed by atoms with Crippen LogP contribution < -0.4 is 19.6 Å². The van der Waals surface area contributed by atoms with Crippen molar-refractivity contribution >= 4 is 22.9 Å². The second-order valence-electron chi connectivity index (χ2n) is 5.77. The maximum absolute atomic E-state index is 12.3. The number of hydrogen-bond acceptors (Lipinski definition) is 5. The van der Waals surface area contributed by atoms with E-state index in [9.17, 15) is 4.79 Å². The third-order valence-corrected chi connectivity index (χ3v) is 4.06. The highest BCUT2D eigenvalue weighted by Crippen LogP contribution is 2.23. The molecule has 6 nitrogen and oxygen atoms in total. The van der Waals surface area contributed by atoms with Crippen molar-refractivity contribution in [3.8, 4) is 17.2 Å². The van der Waals surface area contributed by atoms with Crippen LogP contribution in [0.2, 0.25) is 0 Å². The fraction of sp³-hybridized carbons (Fsp3) is 0.143. The van der Waals surface area contributed by atoms with Gasteiger partial charge in [-0.3, -0.25) is 4.79 Å². The number of hydrazone groups is 1. The Hall–Kier alpha value is -3.54. The molecule has 27 heavy (non-hydrogen) atoms. The summed E-state index contributed by atoms with van der Waals surface area (Å²) in [5, 5.41) is 6.17. The lowest BCUT2D eigenvalue weighted by Gasteiger charge is -2.07. The van der Waals surface area contributed by atoms with Crippen LogP contribution in [0.4, 0.5) is 0 Å². The first-order valence-corrected chi connectivity index (χ1v) is 8.27. The van der Waals surface area contributed by atoms with Crippen LogP contribution in [-0.4, -0.2) is 33.5 Å². The Bertz CT molecular complexity index is 976. The number of ether oxygens (including phenoxy) is 3. The van der Waals surface area contributed by atoms with Crippen LogP contribution >= 0.6 is 0 Å². The van der Waals surface area contributed by atoms with Crippen molar-refractivity contribution < 1.29 is 19.0 Å². The molecule has 0 unspecified atom stereocenters. The lowest BCUT2D eigenvalue weighted by atomic mass is 10.1. The van der Waals surface area contributed by atoms with Gasteiger partial charge in [-0.25, -0.2) is 5.43 Å². The van der Waals surface area contributed by atoms with E-state index < -0.39 is 0 Å². The minimum Gasteiger partial charge on any atom is -0.497 e. The van der Waals surface area contributed by atoms with Gasteiger partial charge in [0.15, 0.2) is 0 Å². The third kappa shape index (κ3) is 4.36. The molecule has 1 amide bonds. The Morgan fingerprint density at radius 3 is 2.11 bits per heavy atom. The molecule has 0 radical (unpaired) electrons. The van der Waals surface area contributed by atoms with Crippen LogP contribution in [0.15, 0.2) is 59.7 Å². The van der Waals surface area contributed by atoms with Gasteiger partial charge >= 0.3 is 0 Å². The van der Waals surface area contributed by atoms with E-state index in [1.165, 1.54) is 14.2 Å². The monoisotopic (exact) mass is 364 g/mol. The minimum atomic E-state index is -0.353. The molecule has 3 aromatic rings. The molecule has 6 heteroatoms. The molecule has 0 aliphatic rings. The number of carbonyl (C=O) groups is 1. The fourth-order valence-corrected chi connectivity index (χ4v) is 2.62. The molecule has 138 valence electrons. The van der Waals surface area contributed by atoms with Gasteiger partial charge in [-0.1, -0.05) is 18.2 Å². The molecule has 1 N–H and O–H groups in total. The maximum Gasteiger partial charge on any atom is 0.271 e. The van der Waals surface area contributed by atoms with Gasteiger partial charge in [0.25, 0.3) is 5.91 Å². The summed E-state index contributed by atoms with van der Waals surface area (Å²) in [6, 6.07) is 16.7. The Balaban J connectivity index is 1.73. The van der Waals surface area contributed by atoms with Crippen molar-refractivity contribution in [2.24, 2.45) is 5.10 Å². The molecule has 0 heterocycles. The average molecular weight is 364 g/mol. The van der Waals surface area contributed by atoms with E-state index in [-0.39, 0.29) is 5.91 Å². The summed E-state index contributed by atoms with van der Waals surface area (Å²) in [6.45, 7) is 0. The van der Waals surface area contributed by atoms with Crippen LogP contribution in [0.25, 0.3) is 10.8 Å². The number of fused-ring (bicyclic) bond motifs is 1. The molecule has 3 rings (SSSR count). The van der Waals surface area contributed by atoms with Crippen molar-refractivity contribution in [3.63, 3.8) is 0 Å². The normalized spacial score (nSPS) is 10.8. The van der Waals surface area contributed by atoms with E-state index in [0.717, 1.165) is 22.1 Å². The summed E-state index contributed by atoms with van der Waals surface area (Å²) in [7, 11) is 4.70. The number of carbonyl (C=O) groups excluding carboxylic acids is 1. The number of hydrogen-bond donors (Lipinski definition) is 1. The van der Waals surface area contributed by atoms with Crippen molar-refractivity contribution in [2.75, 3.05) is 21.3 Å². The summed E-state index contributed by atoms with van der Waals surface area (Å²) in [4.78, 5) is 12.3. The Morgan fingerprint density at radius 1 is 0.815 bits per heavy atom. The highest BCUT2D eigenvalue weighted by Gasteiger charge is 2.09. The second-order valence-corrected chi connectivity index (χ2v) is 5.77. The summed E-state index contributed by atoms with van der Waals surface area (Å²) < 4.78 is 15.6. The molecule has 0 atom stereocenters. The first-order chi connectivity index (χ1) is 13.1. The van der Waals surface area contributed by atoms with Gasteiger partial charge in [0, 0.05) is 11.6 Å². The standard InChI is InChI=1S/C21H20N2O4/c1-25-18-7-6-15-8-14(4-5-16(15)9-18)13-22-23-21(24)17-10-19(26-2)12-20(11-17)27-3/h4-13H,1-3H3,(H,23,24)/b22-13-. The summed E-state index contributed by atoms with van der Waals surface area (Å²) in [6.07, 6.45) is 1.60. The van der Waals surface area contributed by atoms with Gasteiger partial charge < -0.3 is 14.2 Å². The lowest BCUT2D eigenvalue weighted by molar-refractivity contribution is 0.0954. The van der Waals surface area contributed by atoms with Crippen molar-refractivity contribution in [1.29, 1.82) is 0 Å². The number of nitrogens with zero attached hydrogens (tertiary/aromatic N) is 1. The number of amides is 1. The largest absolute Gasteiger partial charge is 0.497 e. The first-order valence-electron chi connectivity index (χ1n) is 8.27. The van der Waals surface area contributed by atoms with Crippen LogP contribution in [-0.2, 0) is 0 Å². The van der Waals surface area contributed by atoms with Crippen LogP contribution in [0.5, 0.6) is 17.2 Å². The van der Waals surface area contributed by atoms with Crippen molar-refractivity contribution in [2.45, 2.75) is 0 Å². The van der Waals surface area contributed by atoms with E-state index in [1.807, 2.05) is 36.4 Å². The Labute approximate surface area is 157 Å². The van der Waals surface area contributed by atoms with E-state index in [1.54, 1.807) is 31.5 Å². The molecular formula is C21H20N2O4. The third-order valence-electron chi connectivity index (χ3n) is 4.06. The summed E-state index contributed by atoms with van der Waals surface area (Å²) in [5.74, 6) is 1.53. The number of nitrogens with one attached hydrogen (secondary N) is 1. The molecule has 0 saturated carbocycles. The molecule has 0 bridgehead atoms. The molecule has 0 aromatic heterocycles. The van der Waals surface area contributed by atoms with Gasteiger partial charge in [-0.15, -0.1) is 0 Å². The molecule has 0 fully saturated rings. The van der Waals surface area contributed by atoms with Gasteiger partial charge in [0.1, 0.15) is 17.2 Å². The highest BCUT2D eigenvalue weighted by molar-refractivity contribution is 5.96. The molecule has 0 aliphatic heterocycles. The number of rotatable bonds is 6. The molecule has 0 aliphatic carbocycles. The van der Waals surface area contributed by atoms with Gasteiger partial charge in [-0.05, 0) is 46.7 Å². The van der Waals surface area contributed by atoms with Crippen LogP contribution in [0, 0.1) is 0 Å². The topological polar surface area (TPSA) is 69.2 Å². The molecule has 0 spiro atoms.